The van der Waals surface area contributed by atoms with Crippen LogP contribution in [0.25, 0.3) is 0 Å². The fourth-order valence-electron chi connectivity index (χ4n) is 1.99. The van der Waals surface area contributed by atoms with E-state index in [4.69, 9.17) is 13.3 Å². The number of carbonyl (C=O) groups excluding carboxylic acids is 1. The predicted octanol–water partition coefficient (Wildman–Crippen LogP) is 1.99. The topological polar surface area (TPSA) is 56.8 Å². The van der Waals surface area contributed by atoms with Gasteiger partial charge in [0.2, 0.25) is 0 Å². The summed E-state index contributed by atoms with van der Waals surface area (Å²) < 4.78 is 16.0. The van der Waals surface area contributed by atoms with Gasteiger partial charge in [0.15, 0.2) is 0 Å². The molecule has 1 N–H and O–H groups in total. The molecule has 0 radical (unpaired) electrons. The van der Waals surface area contributed by atoms with Gasteiger partial charge in [-0.25, -0.2) is 0 Å². The van der Waals surface area contributed by atoms with E-state index in [1.165, 1.54) is 0 Å². The molecule has 0 fully saturated rings. The first-order valence-corrected chi connectivity index (χ1v) is 8.51. The average Bonchev–Trinajstić information content (AvgIpc) is 2.48. The highest BCUT2D eigenvalue weighted by atomic mass is 28.4. The normalized spacial score (nSPS) is 11.4. The van der Waals surface area contributed by atoms with Crippen LogP contribution in [0.1, 0.15) is 22.3 Å². The van der Waals surface area contributed by atoms with Crippen molar-refractivity contribution in [1.82, 2.24) is 5.32 Å². The van der Waals surface area contributed by atoms with Crippen molar-refractivity contribution in [2.75, 3.05) is 27.9 Å². The third-order valence-electron chi connectivity index (χ3n) is 3.27. The van der Waals surface area contributed by atoms with Gasteiger partial charge in [0.1, 0.15) is 0 Å². The molecular weight excluding hydrogens is 274 g/mol. The molecule has 1 aromatic rings. The quantitative estimate of drug-likeness (QED) is 0.589. The lowest BCUT2D eigenvalue weighted by Crippen LogP contribution is -2.43. The van der Waals surface area contributed by atoms with Crippen LogP contribution in [0.5, 0.6) is 0 Å². The standard InChI is InChI=1S/C14H23NO4Si/c1-12-8-5-6-9-13(12)14(16)15-10-7-11-20(17-2,18-3)19-4/h5-6,8-9H,7,10-11H2,1-4H3,(H,15,16). The number of hydrogen-bond acceptors (Lipinski definition) is 4. The number of nitrogens with one attached hydrogen (secondary N) is 1. The van der Waals surface area contributed by atoms with Crippen LogP contribution >= 0.6 is 0 Å². The second-order valence-corrected chi connectivity index (χ2v) is 7.56. The van der Waals surface area contributed by atoms with Gasteiger partial charge in [-0.3, -0.25) is 4.79 Å². The molecule has 6 heteroatoms. The zero-order valence-electron chi connectivity index (χ0n) is 12.6. The third-order valence-corrected chi connectivity index (χ3v) is 6.10. The van der Waals surface area contributed by atoms with Crippen LogP contribution in [0.15, 0.2) is 24.3 Å². The number of benzene rings is 1. The van der Waals surface area contributed by atoms with Crippen molar-refractivity contribution in [3.8, 4) is 0 Å². The molecule has 0 atom stereocenters. The molecule has 20 heavy (non-hydrogen) atoms. The monoisotopic (exact) mass is 297 g/mol. The van der Waals surface area contributed by atoms with Crippen LogP contribution in [0, 0.1) is 6.92 Å². The minimum Gasteiger partial charge on any atom is -0.377 e. The smallest absolute Gasteiger partial charge is 0.377 e. The Balaban J connectivity index is 2.42. The van der Waals surface area contributed by atoms with Crippen LogP contribution < -0.4 is 5.32 Å². The lowest BCUT2D eigenvalue weighted by molar-refractivity contribution is 0.0949. The molecule has 112 valence electrons. The number of amides is 1. The SMILES string of the molecule is CO[Si](CCCNC(=O)c1ccccc1C)(OC)OC. The van der Waals surface area contributed by atoms with Crippen LogP contribution in [-0.4, -0.2) is 42.6 Å². The molecular formula is C14H23NO4Si. The second-order valence-electron chi connectivity index (χ2n) is 4.47. The Labute approximate surface area is 121 Å². The maximum absolute atomic E-state index is 12.0. The number of rotatable bonds is 8. The van der Waals surface area contributed by atoms with E-state index in [1.807, 2.05) is 31.2 Å². The third kappa shape index (κ3) is 4.41. The van der Waals surface area contributed by atoms with Crippen LogP contribution in [0.4, 0.5) is 0 Å². The Kier molecular flexibility index (Phi) is 6.87. The molecule has 0 saturated heterocycles. The van der Waals surface area contributed by atoms with Gasteiger partial charge >= 0.3 is 8.80 Å². The Hall–Kier alpha value is -1.21. The van der Waals surface area contributed by atoms with E-state index in [2.05, 4.69) is 5.32 Å². The zero-order chi connectivity index (χ0) is 15.0. The van der Waals surface area contributed by atoms with Crippen molar-refractivity contribution in [2.45, 2.75) is 19.4 Å². The average molecular weight is 297 g/mol. The van der Waals surface area contributed by atoms with Gasteiger partial charge in [0, 0.05) is 39.5 Å². The van der Waals surface area contributed by atoms with Crippen molar-refractivity contribution in [3.05, 3.63) is 35.4 Å². The van der Waals surface area contributed by atoms with E-state index in [-0.39, 0.29) is 5.91 Å². The van der Waals surface area contributed by atoms with Crippen molar-refractivity contribution in [3.63, 3.8) is 0 Å². The molecule has 0 aliphatic carbocycles. The highest BCUT2D eigenvalue weighted by molar-refractivity contribution is 6.60. The summed E-state index contributed by atoms with van der Waals surface area (Å²) in [5, 5.41) is 2.90. The lowest BCUT2D eigenvalue weighted by Gasteiger charge is -2.24. The molecule has 0 bridgehead atoms. The zero-order valence-corrected chi connectivity index (χ0v) is 13.6. The highest BCUT2D eigenvalue weighted by Crippen LogP contribution is 2.14. The van der Waals surface area contributed by atoms with Crippen molar-refractivity contribution >= 4 is 14.7 Å². The summed E-state index contributed by atoms with van der Waals surface area (Å²) in [4.78, 5) is 12.0. The van der Waals surface area contributed by atoms with Crippen LogP contribution in [0.2, 0.25) is 6.04 Å². The molecule has 1 rings (SSSR count). The van der Waals surface area contributed by atoms with E-state index in [9.17, 15) is 4.79 Å². The number of hydrogen-bond donors (Lipinski definition) is 1. The molecule has 1 amide bonds. The van der Waals surface area contributed by atoms with E-state index < -0.39 is 8.80 Å². The van der Waals surface area contributed by atoms with Gasteiger partial charge in [-0.2, -0.15) is 0 Å². The first-order valence-electron chi connectivity index (χ1n) is 6.58. The summed E-state index contributed by atoms with van der Waals surface area (Å²) in [7, 11) is 2.23. The Bertz CT molecular complexity index is 427. The molecule has 0 heterocycles. The van der Waals surface area contributed by atoms with Crippen molar-refractivity contribution in [1.29, 1.82) is 0 Å². The van der Waals surface area contributed by atoms with E-state index >= 15 is 0 Å². The molecule has 5 nitrogen and oxygen atoms in total. The molecule has 0 aliphatic heterocycles. The second kappa shape index (κ2) is 8.16. The molecule has 0 spiro atoms. The summed E-state index contributed by atoms with van der Waals surface area (Å²) in [6.45, 7) is 2.49. The minimum absolute atomic E-state index is 0.0531. The van der Waals surface area contributed by atoms with Crippen molar-refractivity contribution < 1.29 is 18.1 Å². The molecule has 0 unspecified atom stereocenters. The molecule has 0 aromatic heterocycles. The van der Waals surface area contributed by atoms with Gasteiger partial charge in [-0.15, -0.1) is 0 Å². The van der Waals surface area contributed by atoms with E-state index in [0.717, 1.165) is 12.0 Å². The highest BCUT2D eigenvalue weighted by Gasteiger charge is 2.36. The van der Waals surface area contributed by atoms with Crippen LogP contribution in [0.3, 0.4) is 0 Å². The largest absolute Gasteiger partial charge is 0.500 e. The predicted molar refractivity (Wildman–Crippen MR) is 79.7 cm³/mol. The fourth-order valence-corrected chi connectivity index (χ4v) is 3.71. The van der Waals surface area contributed by atoms with Crippen molar-refractivity contribution in [2.24, 2.45) is 0 Å². The number of aryl methyl sites for hydroxylation is 1. The van der Waals surface area contributed by atoms with E-state index in [0.29, 0.717) is 18.2 Å². The maximum Gasteiger partial charge on any atom is 0.500 e. The molecule has 0 saturated carbocycles. The first-order chi connectivity index (χ1) is 9.58. The fraction of sp³-hybridized carbons (Fsp3) is 0.500. The maximum atomic E-state index is 12.0. The summed E-state index contributed by atoms with van der Waals surface area (Å²) in [6.07, 6.45) is 0.749. The minimum atomic E-state index is -2.53. The molecule has 0 aliphatic rings. The summed E-state index contributed by atoms with van der Waals surface area (Å²) >= 11 is 0. The Morgan fingerprint density at radius 3 is 2.30 bits per heavy atom. The Morgan fingerprint density at radius 2 is 1.75 bits per heavy atom. The van der Waals surface area contributed by atoms with E-state index in [1.54, 1.807) is 21.3 Å². The Morgan fingerprint density at radius 1 is 1.15 bits per heavy atom. The lowest BCUT2D eigenvalue weighted by atomic mass is 10.1. The van der Waals surface area contributed by atoms with Gasteiger partial charge in [0.25, 0.3) is 5.91 Å². The van der Waals surface area contributed by atoms with Gasteiger partial charge < -0.3 is 18.6 Å². The van der Waals surface area contributed by atoms with Gasteiger partial charge in [-0.05, 0) is 25.0 Å². The molecule has 1 aromatic carbocycles. The summed E-state index contributed by atoms with van der Waals surface area (Å²) in [5.41, 5.74) is 1.68. The summed E-state index contributed by atoms with van der Waals surface area (Å²) in [6, 6.07) is 8.20. The first kappa shape index (κ1) is 16.8. The van der Waals surface area contributed by atoms with Crippen LogP contribution in [-0.2, 0) is 13.3 Å². The summed E-state index contributed by atoms with van der Waals surface area (Å²) in [5.74, 6) is -0.0531. The number of carbonyl (C=O) groups is 1. The van der Waals surface area contributed by atoms with Gasteiger partial charge in [-0.1, -0.05) is 18.2 Å². The van der Waals surface area contributed by atoms with Gasteiger partial charge in [0.05, 0.1) is 0 Å².